The standard InChI is InChI=1S/C13H12N2O3/c1-7(2)12(16)8-3-4-11-9(5-8)6-10(14)13(17)15(11)18/h3-6,18H,1,14H2,2H3. The topological polar surface area (TPSA) is 85.3 Å². The fraction of sp³-hybridized carbons (Fsp3) is 0.0769. The van der Waals surface area contributed by atoms with Crippen molar-refractivity contribution in [3.05, 3.63) is 52.3 Å². The summed E-state index contributed by atoms with van der Waals surface area (Å²) in [6.07, 6.45) is 0. The summed E-state index contributed by atoms with van der Waals surface area (Å²) in [5.41, 5.74) is 5.87. The van der Waals surface area contributed by atoms with E-state index in [1.807, 2.05) is 0 Å². The number of nitrogens with two attached hydrogens (primary N) is 1. The molecule has 18 heavy (non-hydrogen) atoms. The van der Waals surface area contributed by atoms with E-state index in [1.165, 1.54) is 18.2 Å². The highest BCUT2D eigenvalue weighted by atomic mass is 16.5. The zero-order chi connectivity index (χ0) is 13.4. The molecule has 0 saturated carbocycles. The van der Waals surface area contributed by atoms with Crippen LogP contribution in [0.15, 0.2) is 41.2 Å². The van der Waals surface area contributed by atoms with Crippen molar-refractivity contribution in [2.75, 3.05) is 5.73 Å². The molecule has 0 aliphatic heterocycles. The minimum Gasteiger partial charge on any atom is -0.425 e. The van der Waals surface area contributed by atoms with Crippen LogP contribution in [-0.2, 0) is 0 Å². The Balaban J connectivity index is 2.74. The van der Waals surface area contributed by atoms with E-state index in [0.29, 0.717) is 26.8 Å². The highest BCUT2D eigenvalue weighted by Gasteiger charge is 2.10. The molecule has 0 amide bonds. The van der Waals surface area contributed by atoms with Crippen molar-refractivity contribution >= 4 is 22.4 Å². The number of Topliss-reactive ketones (excluding diaryl/α,β-unsaturated/α-hetero) is 1. The molecule has 0 radical (unpaired) electrons. The lowest BCUT2D eigenvalue weighted by Crippen LogP contribution is -2.21. The van der Waals surface area contributed by atoms with Crippen molar-refractivity contribution in [2.45, 2.75) is 6.92 Å². The molecule has 0 fully saturated rings. The number of rotatable bonds is 2. The summed E-state index contributed by atoms with van der Waals surface area (Å²) in [7, 11) is 0. The van der Waals surface area contributed by atoms with E-state index in [1.54, 1.807) is 13.0 Å². The lowest BCUT2D eigenvalue weighted by molar-refractivity contribution is 0.103. The molecular formula is C13H12N2O3. The van der Waals surface area contributed by atoms with Gasteiger partial charge in [-0.15, -0.1) is 4.73 Å². The van der Waals surface area contributed by atoms with Crippen molar-refractivity contribution in [3.8, 4) is 0 Å². The SMILES string of the molecule is C=C(C)C(=O)c1ccc2c(c1)cc(N)c(=O)n2O. The van der Waals surface area contributed by atoms with Crippen molar-refractivity contribution in [1.29, 1.82) is 0 Å². The normalized spacial score (nSPS) is 10.5. The van der Waals surface area contributed by atoms with Gasteiger partial charge in [0.15, 0.2) is 5.78 Å². The number of allylic oxidation sites excluding steroid dienone is 1. The molecule has 5 nitrogen and oxygen atoms in total. The summed E-state index contributed by atoms with van der Waals surface area (Å²) >= 11 is 0. The Morgan fingerprint density at radius 2 is 2.06 bits per heavy atom. The number of carbonyl (C=O) groups is 1. The molecule has 2 rings (SSSR count). The first kappa shape index (κ1) is 11.9. The molecule has 5 heteroatoms. The summed E-state index contributed by atoms with van der Waals surface area (Å²) < 4.78 is 0.472. The molecule has 0 unspecified atom stereocenters. The Bertz CT molecular complexity index is 729. The van der Waals surface area contributed by atoms with E-state index >= 15 is 0 Å². The van der Waals surface area contributed by atoms with Gasteiger partial charge in [-0.2, -0.15) is 0 Å². The third-order valence-corrected chi connectivity index (χ3v) is 2.66. The summed E-state index contributed by atoms with van der Waals surface area (Å²) in [6, 6.07) is 6.02. The van der Waals surface area contributed by atoms with Crippen LogP contribution in [0.3, 0.4) is 0 Å². The average molecular weight is 244 g/mol. The van der Waals surface area contributed by atoms with Crippen LogP contribution in [0.4, 0.5) is 5.69 Å². The van der Waals surface area contributed by atoms with Gasteiger partial charge in [-0.25, -0.2) is 0 Å². The van der Waals surface area contributed by atoms with Crippen LogP contribution in [0.2, 0.25) is 0 Å². The minimum absolute atomic E-state index is 0.0788. The minimum atomic E-state index is -0.679. The van der Waals surface area contributed by atoms with Gasteiger partial charge in [-0.1, -0.05) is 6.58 Å². The zero-order valence-electron chi connectivity index (χ0n) is 9.80. The van der Waals surface area contributed by atoms with Gasteiger partial charge in [0.2, 0.25) is 0 Å². The maximum absolute atomic E-state index is 11.8. The van der Waals surface area contributed by atoms with Crippen LogP contribution in [0.5, 0.6) is 0 Å². The van der Waals surface area contributed by atoms with E-state index in [-0.39, 0.29) is 11.5 Å². The number of carbonyl (C=O) groups excluding carboxylic acids is 1. The fourth-order valence-electron chi connectivity index (χ4n) is 1.71. The molecule has 0 spiro atoms. The second-order valence-corrected chi connectivity index (χ2v) is 4.10. The number of nitrogen functional groups attached to an aromatic ring is 1. The first-order chi connectivity index (χ1) is 8.41. The summed E-state index contributed by atoms with van der Waals surface area (Å²) in [5.74, 6) is -0.189. The largest absolute Gasteiger partial charge is 0.425 e. The van der Waals surface area contributed by atoms with Gasteiger partial charge in [-0.3, -0.25) is 9.59 Å². The van der Waals surface area contributed by atoms with E-state index in [9.17, 15) is 14.8 Å². The maximum Gasteiger partial charge on any atom is 0.306 e. The van der Waals surface area contributed by atoms with E-state index in [4.69, 9.17) is 5.73 Å². The van der Waals surface area contributed by atoms with Crippen LogP contribution in [0, 0.1) is 0 Å². The van der Waals surface area contributed by atoms with Gasteiger partial charge < -0.3 is 10.9 Å². The van der Waals surface area contributed by atoms with Gasteiger partial charge in [-0.05, 0) is 36.8 Å². The Labute approximate surface area is 103 Å². The van der Waals surface area contributed by atoms with Crippen LogP contribution in [-0.4, -0.2) is 15.7 Å². The quantitative estimate of drug-likeness (QED) is 0.477. The predicted molar refractivity (Wildman–Crippen MR) is 68.9 cm³/mol. The lowest BCUT2D eigenvalue weighted by atomic mass is 10.0. The summed E-state index contributed by atoms with van der Waals surface area (Å²) in [4.78, 5) is 23.2. The number of hydrogen-bond acceptors (Lipinski definition) is 4. The number of hydrogen-bond donors (Lipinski definition) is 2. The first-order valence-electron chi connectivity index (χ1n) is 5.26. The number of nitrogens with zero attached hydrogens (tertiary/aromatic N) is 1. The molecule has 1 heterocycles. The molecule has 2 aromatic rings. The second-order valence-electron chi connectivity index (χ2n) is 4.10. The molecule has 1 aromatic heterocycles. The third-order valence-electron chi connectivity index (χ3n) is 2.66. The smallest absolute Gasteiger partial charge is 0.306 e. The third kappa shape index (κ3) is 1.75. The summed E-state index contributed by atoms with van der Waals surface area (Å²) in [6.45, 7) is 5.20. The first-order valence-corrected chi connectivity index (χ1v) is 5.26. The fourth-order valence-corrected chi connectivity index (χ4v) is 1.71. The zero-order valence-corrected chi connectivity index (χ0v) is 9.80. The van der Waals surface area contributed by atoms with Gasteiger partial charge in [0.05, 0.1) is 5.52 Å². The Morgan fingerprint density at radius 1 is 1.39 bits per heavy atom. The van der Waals surface area contributed by atoms with E-state index in [2.05, 4.69) is 6.58 Å². The van der Waals surface area contributed by atoms with Crippen LogP contribution in [0.1, 0.15) is 17.3 Å². The number of anilines is 1. The van der Waals surface area contributed by atoms with Crippen molar-refractivity contribution in [1.82, 2.24) is 4.73 Å². The number of pyridine rings is 1. The number of benzene rings is 1. The monoisotopic (exact) mass is 244 g/mol. The molecule has 0 atom stereocenters. The highest BCUT2D eigenvalue weighted by molar-refractivity contribution is 6.09. The highest BCUT2D eigenvalue weighted by Crippen LogP contribution is 2.17. The molecule has 3 N–H and O–H groups in total. The van der Waals surface area contributed by atoms with Gasteiger partial charge in [0.1, 0.15) is 5.69 Å². The van der Waals surface area contributed by atoms with Gasteiger partial charge in [0, 0.05) is 10.9 Å². The lowest BCUT2D eigenvalue weighted by Gasteiger charge is -2.06. The van der Waals surface area contributed by atoms with Crippen molar-refractivity contribution < 1.29 is 10.0 Å². The summed E-state index contributed by atoms with van der Waals surface area (Å²) in [5, 5.41) is 10.1. The van der Waals surface area contributed by atoms with Crippen LogP contribution >= 0.6 is 0 Å². The molecule has 0 bridgehead atoms. The Morgan fingerprint density at radius 3 is 2.67 bits per heavy atom. The maximum atomic E-state index is 11.8. The van der Waals surface area contributed by atoms with E-state index < -0.39 is 5.56 Å². The Kier molecular flexibility index (Phi) is 2.67. The number of aromatic nitrogens is 1. The number of ketones is 1. The molecule has 92 valence electrons. The van der Waals surface area contributed by atoms with E-state index in [0.717, 1.165) is 0 Å². The van der Waals surface area contributed by atoms with Crippen molar-refractivity contribution in [2.24, 2.45) is 0 Å². The molecule has 1 aromatic carbocycles. The second kappa shape index (κ2) is 4.03. The van der Waals surface area contributed by atoms with Gasteiger partial charge in [0.25, 0.3) is 0 Å². The molecule has 0 saturated heterocycles. The predicted octanol–water partition coefficient (Wildman–Crippen LogP) is 1.58. The van der Waals surface area contributed by atoms with Crippen molar-refractivity contribution in [3.63, 3.8) is 0 Å². The van der Waals surface area contributed by atoms with Crippen LogP contribution in [0.25, 0.3) is 10.9 Å². The molecule has 0 aliphatic carbocycles. The number of fused-ring (bicyclic) bond motifs is 1. The van der Waals surface area contributed by atoms with Gasteiger partial charge >= 0.3 is 5.56 Å². The Hall–Kier alpha value is -2.56. The average Bonchev–Trinajstić information content (AvgIpc) is 2.34. The van der Waals surface area contributed by atoms with Crippen LogP contribution < -0.4 is 11.3 Å². The molecular weight excluding hydrogens is 232 g/mol. The molecule has 0 aliphatic rings.